The van der Waals surface area contributed by atoms with E-state index in [1.165, 1.54) is 0 Å². The lowest BCUT2D eigenvalue weighted by atomic mass is 10.2. The van der Waals surface area contributed by atoms with Gasteiger partial charge < -0.3 is 42.4 Å². The average Bonchev–Trinajstić information content (AvgIpc) is 2.96. The van der Waals surface area contributed by atoms with E-state index < -0.39 is 7.32 Å². The highest BCUT2D eigenvalue weighted by Gasteiger charge is 2.31. The fourth-order valence-electron chi connectivity index (χ4n) is 3.41. The van der Waals surface area contributed by atoms with Crippen molar-refractivity contribution < 1.29 is 42.4 Å². The molecule has 0 atom stereocenters. The van der Waals surface area contributed by atoms with Gasteiger partial charge in [0.1, 0.15) is 54.3 Å². The number of hydrogen-bond donors (Lipinski definition) is 0. The van der Waals surface area contributed by atoms with Gasteiger partial charge in [-0.15, -0.1) is 0 Å². The molecule has 0 bridgehead atoms. The third-order valence-corrected chi connectivity index (χ3v) is 5.21. The molecule has 0 N–H and O–H groups in total. The van der Waals surface area contributed by atoms with Gasteiger partial charge in [-0.1, -0.05) is 18.2 Å². The lowest BCUT2D eigenvalue weighted by Gasteiger charge is -2.18. The molecule has 0 saturated carbocycles. The van der Waals surface area contributed by atoms with Crippen LogP contribution in [-0.2, 0) is 14.2 Å². The van der Waals surface area contributed by atoms with Gasteiger partial charge in [-0.25, -0.2) is 0 Å². The van der Waals surface area contributed by atoms with Crippen LogP contribution in [0.4, 0.5) is 0 Å². The minimum absolute atomic E-state index is 0.430. The number of rotatable bonds is 21. The third-order valence-electron chi connectivity index (χ3n) is 5.21. The summed E-state index contributed by atoms with van der Waals surface area (Å²) in [6.45, 7) is 10.5. The van der Waals surface area contributed by atoms with Crippen LogP contribution in [0.25, 0.3) is 0 Å². The summed E-state index contributed by atoms with van der Waals surface area (Å²) < 4.78 is 51.7. The van der Waals surface area contributed by atoms with Crippen LogP contribution in [0.5, 0.6) is 34.5 Å². The van der Waals surface area contributed by atoms with Crippen LogP contribution in [0.15, 0.2) is 72.8 Å². The Kier molecular flexibility index (Phi) is 14.4. The normalized spacial score (nSPS) is 10.6. The fraction of sp³-hybridized carbons (Fsp3) is 0.400. The van der Waals surface area contributed by atoms with Crippen molar-refractivity contribution in [1.29, 1.82) is 0 Å². The molecule has 0 aliphatic heterocycles. The van der Waals surface area contributed by atoms with Crippen LogP contribution in [0, 0.1) is 0 Å². The van der Waals surface area contributed by atoms with E-state index in [-0.39, 0.29) is 0 Å². The first kappa shape index (κ1) is 30.9. The summed E-state index contributed by atoms with van der Waals surface area (Å²) in [6.07, 6.45) is 0. The van der Waals surface area contributed by atoms with E-state index in [4.69, 9.17) is 42.4 Å². The lowest BCUT2D eigenvalue weighted by molar-refractivity contribution is 0.110. The zero-order valence-corrected chi connectivity index (χ0v) is 23.5. The van der Waals surface area contributed by atoms with Crippen molar-refractivity contribution in [3.05, 3.63) is 72.8 Å². The second-order valence-electron chi connectivity index (χ2n) is 8.20. The molecule has 0 saturated heterocycles. The molecule has 0 unspecified atom stereocenters. The largest absolute Gasteiger partial charge is 0.864 e. The molecular formula is C30H39BO9. The van der Waals surface area contributed by atoms with Crippen molar-refractivity contribution in [3.8, 4) is 34.5 Å². The van der Waals surface area contributed by atoms with E-state index in [9.17, 15) is 0 Å². The van der Waals surface area contributed by atoms with Crippen LogP contribution < -0.4 is 28.2 Å². The van der Waals surface area contributed by atoms with Gasteiger partial charge in [0, 0.05) is 38.0 Å². The maximum absolute atomic E-state index is 6.12. The monoisotopic (exact) mass is 554 g/mol. The topological polar surface area (TPSA) is 83.1 Å². The molecule has 0 spiro atoms. The molecule has 0 aliphatic carbocycles. The number of hydrogen-bond acceptors (Lipinski definition) is 9. The second-order valence-corrected chi connectivity index (χ2v) is 8.20. The van der Waals surface area contributed by atoms with Crippen molar-refractivity contribution >= 4 is 7.32 Å². The highest BCUT2D eigenvalue weighted by molar-refractivity contribution is 6.39. The molecule has 216 valence electrons. The second kappa shape index (κ2) is 18.6. The summed E-state index contributed by atoms with van der Waals surface area (Å²) in [7, 11) is -1.13. The third kappa shape index (κ3) is 12.1. The predicted molar refractivity (Wildman–Crippen MR) is 153 cm³/mol. The molecule has 3 rings (SSSR count). The van der Waals surface area contributed by atoms with E-state index >= 15 is 0 Å². The van der Waals surface area contributed by atoms with Crippen LogP contribution in [-0.4, -0.2) is 66.8 Å². The average molecular weight is 554 g/mol. The molecule has 10 heteroatoms. The van der Waals surface area contributed by atoms with E-state index in [0.29, 0.717) is 94.0 Å². The Balaban J connectivity index is 1.71. The first-order chi connectivity index (χ1) is 19.7. The Morgan fingerprint density at radius 1 is 0.425 bits per heavy atom. The van der Waals surface area contributed by atoms with Gasteiger partial charge in [-0.3, -0.25) is 0 Å². The zero-order chi connectivity index (χ0) is 28.3. The van der Waals surface area contributed by atoms with Gasteiger partial charge in [0.2, 0.25) is 0 Å². The summed E-state index contributed by atoms with van der Waals surface area (Å²) in [6, 6.07) is 21.8. The van der Waals surface area contributed by atoms with Crippen molar-refractivity contribution in [2.75, 3.05) is 59.5 Å². The molecule has 0 radical (unpaired) electrons. The Bertz CT molecular complexity index is 961. The number of benzene rings is 3. The van der Waals surface area contributed by atoms with Crippen LogP contribution in [0.2, 0.25) is 0 Å². The smallest absolute Gasteiger partial charge is 0.491 e. The van der Waals surface area contributed by atoms with Gasteiger partial charge in [-0.05, 0) is 57.2 Å². The summed E-state index contributed by atoms with van der Waals surface area (Å²) in [5.41, 5.74) is 0. The highest BCUT2D eigenvalue weighted by Crippen LogP contribution is 2.26. The minimum Gasteiger partial charge on any atom is -0.491 e. The SMILES string of the molecule is CCOCCOc1cccc(OB(Oc2cccc(OCCOCC)c2)Oc2cccc(OCCOCC)c2)c1. The van der Waals surface area contributed by atoms with E-state index in [1.807, 2.05) is 57.2 Å². The molecular weight excluding hydrogens is 515 g/mol. The summed E-state index contributed by atoms with van der Waals surface area (Å²) >= 11 is 0. The van der Waals surface area contributed by atoms with Crippen molar-refractivity contribution in [1.82, 2.24) is 0 Å². The molecule has 0 fully saturated rings. The van der Waals surface area contributed by atoms with Gasteiger partial charge in [0.05, 0.1) is 19.8 Å². The molecule has 0 aliphatic rings. The first-order valence-corrected chi connectivity index (χ1v) is 13.6. The summed E-state index contributed by atoms with van der Waals surface area (Å²) in [5, 5.41) is 0. The standard InChI is InChI=1S/C30H39BO9/c1-4-32-16-19-35-25-10-7-13-28(22-25)38-31(39-29-14-8-11-26(23-29)36-20-17-33-5-2)40-30-15-9-12-27(24-30)37-21-18-34-6-3/h7-15,22-24H,4-6,16-21H2,1-3H3. The van der Waals surface area contributed by atoms with Crippen LogP contribution in [0.3, 0.4) is 0 Å². The molecule has 40 heavy (non-hydrogen) atoms. The predicted octanol–water partition coefficient (Wildman–Crippen LogP) is 5.45. The Morgan fingerprint density at radius 2 is 0.725 bits per heavy atom. The van der Waals surface area contributed by atoms with E-state index in [0.717, 1.165) is 0 Å². The van der Waals surface area contributed by atoms with Crippen LogP contribution in [0.1, 0.15) is 20.8 Å². The molecule has 3 aromatic carbocycles. The van der Waals surface area contributed by atoms with Gasteiger partial charge >= 0.3 is 7.32 Å². The lowest BCUT2D eigenvalue weighted by Crippen LogP contribution is -2.37. The molecule has 0 amide bonds. The maximum atomic E-state index is 6.12. The highest BCUT2D eigenvalue weighted by atomic mass is 16.7. The molecule has 0 aromatic heterocycles. The summed E-state index contributed by atoms with van der Waals surface area (Å²) in [5.74, 6) is 3.45. The molecule has 0 heterocycles. The molecule has 3 aromatic rings. The Hall–Kier alpha value is -3.60. The van der Waals surface area contributed by atoms with Gasteiger partial charge in [0.25, 0.3) is 0 Å². The first-order valence-electron chi connectivity index (χ1n) is 13.6. The van der Waals surface area contributed by atoms with Crippen LogP contribution >= 0.6 is 0 Å². The van der Waals surface area contributed by atoms with E-state index in [2.05, 4.69) is 0 Å². The maximum Gasteiger partial charge on any atom is 0.864 e. The van der Waals surface area contributed by atoms with Gasteiger partial charge in [0.15, 0.2) is 0 Å². The quantitative estimate of drug-likeness (QED) is 0.126. The Morgan fingerprint density at radius 3 is 1.02 bits per heavy atom. The fourth-order valence-corrected chi connectivity index (χ4v) is 3.41. The van der Waals surface area contributed by atoms with E-state index in [1.54, 1.807) is 36.4 Å². The number of ether oxygens (including phenoxy) is 6. The Labute approximate surface area is 237 Å². The van der Waals surface area contributed by atoms with Crippen molar-refractivity contribution in [2.24, 2.45) is 0 Å². The minimum atomic E-state index is -1.13. The molecule has 9 nitrogen and oxygen atoms in total. The van der Waals surface area contributed by atoms with Crippen molar-refractivity contribution in [2.45, 2.75) is 20.8 Å². The zero-order valence-electron chi connectivity index (χ0n) is 23.5. The van der Waals surface area contributed by atoms with Gasteiger partial charge in [-0.2, -0.15) is 0 Å². The summed E-state index contributed by atoms with van der Waals surface area (Å²) in [4.78, 5) is 0. The van der Waals surface area contributed by atoms with Crippen molar-refractivity contribution in [3.63, 3.8) is 0 Å².